The van der Waals surface area contributed by atoms with E-state index in [4.69, 9.17) is 5.26 Å². The summed E-state index contributed by atoms with van der Waals surface area (Å²) < 4.78 is 52.4. The van der Waals surface area contributed by atoms with Gasteiger partial charge >= 0.3 is 0 Å². The lowest BCUT2D eigenvalue weighted by molar-refractivity contribution is 0.521. The topological polar surface area (TPSA) is 107 Å². The summed E-state index contributed by atoms with van der Waals surface area (Å²) in [6.45, 7) is 0. The molecule has 2 rings (SSSR count). The number of nitrogens with one attached hydrogen (secondary N) is 1. The van der Waals surface area contributed by atoms with Crippen LogP contribution in [0.15, 0.2) is 58.3 Å². The molecule has 0 saturated carbocycles. The van der Waals surface area contributed by atoms with E-state index in [9.17, 15) is 16.8 Å². The van der Waals surface area contributed by atoms with Crippen molar-refractivity contribution in [2.75, 3.05) is 18.8 Å². The van der Waals surface area contributed by atoms with E-state index < -0.39 is 20.0 Å². The maximum atomic E-state index is 12.4. The van der Waals surface area contributed by atoms with Gasteiger partial charge in [0.15, 0.2) is 0 Å². The summed E-state index contributed by atoms with van der Waals surface area (Å²) in [5, 5.41) is 8.86. The van der Waals surface area contributed by atoms with Crippen molar-refractivity contribution in [2.45, 2.75) is 9.79 Å². The van der Waals surface area contributed by atoms with Crippen molar-refractivity contribution in [3.8, 4) is 6.07 Å². The zero-order valence-electron chi connectivity index (χ0n) is 13.0. The second-order valence-electron chi connectivity index (χ2n) is 5.06. The third-order valence-electron chi connectivity index (χ3n) is 3.14. The van der Waals surface area contributed by atoms with Crippen LogP contribution < -0.4 is 4.72 Å². The third-order valence-corrected chi connectivity index (χ3v) is 6.33. The molecule has 0 heterocycles. The largest absolute Gasteiger partial charge is 0.280 e. The molecule has 126 valence electrons. The molecule has 24 heavy (non-hydrogen) atoms. The Morgan fingerprint density at radius 2 is 1.58 bits per heavy atom. The Morgan fingerprint density at radius 3 is 2.21 bits per heavy atom. The van der Waals surface area contributed by atoms with Gasteiger partial charge in [-0.15, -0.1) is 0 Å². The number of rotatable bonds is 5. The van der Waals surface area contributed by atoms with Gasteiger partial charge in [0.2, 0.25) is 10.0 Å². The molecule has 0 saturated heterocycles. The van der Waals surface area contributed by atoms with Crippen LogP contribution in [0.25, 0.3) is 0 Å². The van der Waals surface area contributed by atoms with E-state index in [1.54, 1.807) is 0 Å². The first-order valence-corrected chi connectivity index (χ1v) is 9.65. The van der Waals surface area contributed by atoms with E-state index in [0.29, 0.717) is 0 Å². The van der Waals surface area contributed by atoms with Crippen LogP contribution in [-0.2, 0) is 20.0 Å². The van der Waals surface area contributed by atoms with Crippen molar-refractivity contribution in [3.63, 3.8) is 0 Å². The molecule has 0 bridgehead atoms. The molecule has 7 nitrogen and oxygen atoms in total. The number of nitrogens with zero attached hydrogens (tertiary/aromatic N) is 2. The molecular weight excluding hydrogens is 350 g/mol. The highest BCUT2D eigenvalue weighted by Crippen LogP contribution is 2.21. The van der Waals surface area contributed by atoms with Crippen molar-refractivity contribution in [1.82, 2.24) is 4.31 Å². The SMILES string of the molecule is CN(C)S(=O)(=O)c1cccc(NS(=O)(=O)c2cccc(C#N)c2)c1. The van der Waals surface area contributed by atoms with Gasteiger partial charge in [-0.05, 0) is 36.4 Å². The van der Waals surface area contributed by atoms with Gasteiger partial charge in [-0.3, -0.25) is 4.72 Å². The fourth-order valence-electron chi connectivity index (χ4n) is 1.88. The van der Waals surface area contributed by atoms with Crippen LogP contribution >= 0.6 is 0 Å². The molecule has 9 heteroatoms. The second kappa shape index (κ2) is 6.60. The fourth-order valence-corrected chi connectivity index (χ4v) is 3.92. The van der Waals surface area contributed by atoms with Crippen molar-refractivity contribution in [2.24, 2.45) is 0 Å². The summed E-state index contributed by atoms with van der Waals surface area (Å²) in [5.74, 6) is 0. The van der Waals surface area contributed by atoms with Gasteiger partial charge in [0, 0.05) is 14.1 Å². The highest BCUT2D eigenvalue weighted by atomic mass is 32.2. The Morgan fingerprint density at radius 1 is 0.958 bits per heavy atom. The van der Waals surface area contributed by atoms with Crippen molar-refractivity contribution < 1.29 is 16.8 Å². The highest BCUT2D eigenvalue weighted by Gasteiger charge is 2.19. The first kappa shape index (κ1) is 17.9. The van der Waals surface area contributed by atoms with Crippen molar-refractivity contribution in [1.29, 1.82) is 5.26 Å². The van der Waals surface area contributed by atoms with Crippen LogP contribution in [0.4, 0.5) is 5.69 Å². The Labute approximate surface area is 141 Å². The van der Waals surface area contributed by atoms with Crippen LogP contribution in [-0.4, -0.2) is 35.2 Å². The van der Waals surface area contributed by atoms with Gasteiger partial charge in [0.25, 0.3) is 10.0 Å². The summed E-state index contributed by atoms with van der Waals surface area (Å²) in [6, 6.07) is 12.9. The minimum absolute atomic E-state index is 0.0292. The van der Waals surface area contributed by atoms with Crippen molar-refractivity contribution in [3.05, 3.63) is 54.1 Å². The van der Waals surface area contributed by atoms with Crippen LogP contribution in [0.1, 0.15) is 5.56 Å². The standard InChI is InChI=1S/C15H15N3O4S2/c1-18(2)24(21,22)15-8-4-6-13(10-15)17-23(19,20)14-7-3-5-12(9-14)11-16/h3-10,17H,1-2H3. The first-order chi connectivity index (χ1) is 11.2. The van der Waals surface area contributed by atoms with E-state index in [1.165, 1.54) is 62.6 Å². The lowest BCUT2D eigenvalue weighted by atomic mass is 10.2. The number of nitriles is 1. The quantitative estimate of drug-likeness (QED) is 0.866. The summed E-state index contributed by atoms with van der Waals surface area (Å²) in [4.78, 5) is -0.110. The molecule has 2 aromatic carbocycles. The molecule has 0 aliphatic carbocycles. The average molecular weight is 365 g/mol. The van der Waals surface area contributed by atoms with Crippen LogP contribution in [0.5, 0.6) is 0 Å². The number of anilines is 1. The lowest BCUT2D eigenvalue weighted by Crippen LogP contribution is -2.22. The maximum absolute atomic E-state index is 12.4. The van der Waals surface area contributed by atoms with E-state index in [1.807, 2.05) is 6.07 Å². The highest BCUT2D eigenvalue weighted by molar-refractivity contribution is 7.92. The molecule has 0 radical (unpaired) electrons. The van der Waals surface area contributed by atoms with Crippen LogP contribution in [0, 0.1) is 11.3 Å². The van der Waals surface area contributed by atoms with Gasteiger partial charge in [0.05, 0.1) is 27.1 Å². The van der Waals surface area contributed by atoms with Gasteiger partial charge < -0.3 is 0 Å². The second-order valence-corrected chi connectivity index (χ2v) is 8.89. The normalized spacial score (nSPS) is 11.9. The minimum Gasteiger partial charge on any atom is -0.280 e. The molecule has 0 amide bonds. The Kier molecular flexibility index (Phi) is 4.94. The molecule has 0 aliphatic heterocycles. The Bertz CT molecular complexity index is 1010. The molecule has 0 aliphatic rings. The molecule has 0 aromatic heterocycles. The zero-order chi connectivity index (χ0) is 18.0. The van der Waals surface area contributed by atoms with Gasteiger partial charge in [-0.25, -0.2) is 21.1 Å². The lowest BCUT2D eigenvalue weighted by Gasteiger charge is -2.13. The molecule has 2 aromatic rings. The van der Waals surface area contributed by atoms with Gasteiger partial charge in [0.1, 0.15) is 0 Å². The molecule has 0 fully saturated rings. The first-order valence-electron chi connectivity index (χ1n) is 6.72. The number of hydrogen-bond acceptors (Lipinski definition) is 5. The number of benzene rings is 2. The number of sulfonamides is 2. The van der Waals surface area contributed by atoms with Crippen LogP contribution in [0.2, 0.25) is 0 Å². The summed E-state index contributed by atoms with van der Waals surface area (Å²) >= 11 is 0. The zero-order valence-corrected chi connectivity index (χ0v) is 14.6. The van der Waals surface area contributed by atoms with E-state index in [2.05, 4.69) is 4.72 Å². The van der Waals surface area contributed by atoms with Gasteiger partial charge in [-0.2, -0.15) is 5.26 Å². The Hall–Kier alpha value is -2.41. The molecule has 0 atom stereocenters. The molecular formula is C15H15N3O4S2. The fraction of sp³-hybridized carbons (Fsp3) is 0.133. The minimum atomic E-state index is -3.94. The number of hydrogen-bond donors (Lipinski definition) is 1. The van der Waals surface area contributed by atoms with E-state index in [-0.39, 0.29) is 21.0 Å². The molecule has 0 unspecified atom stereocenters. The van der Waals surface area contributed by atoms with E-state index in [0.717, 1.165) is 4.31 Å². The molecule has 0 spiro atoms. The van der Waals surface area contributed by atoms with Crippen molar-refractivity contribution >= 4 is 25.7 Å². The Balaban J connectivity index is 2.39. The van der Waals surface area contributed by atoms with Crippen LogP contribution in [0.3, 0.4) is 0 Å². The molecule has 1 N–H and O–H groups in total. The van der Waals surface area contributed by atoms with E-state index >= 15 is 0 Å². The monoisotopic (exact) mass is 365 g/mol. The van der Waals surface area contributed by atoms with Gasteiger partial charge in [-0.1, -0.05) is 12.1 Å². The predicted octanol–water partition coefficient (Wildman–Crippen LogP) is 1.61. The summed E-state index contributed by atoms with van der Waals surface area (Å²) in [5.41, 5.74) is 0.321. The maximum Gasteiger partial charge on any atom is 0.261 e. The predicted molar refractivity (Wildman–Crippen MR) is 89.3 cm³/mol. The smallest absolute Gasteiger partial charge is 0.261 e. The summed E-state index contributed by atoms with van der Waals surface area (Å²) in [7, 11) is -4.84. The summed E-state index contributed by atoms with van der Waals surface area (Å²) in [6.07, 6.45) is 0. The third kappa shape index (κ3) is 3.73. The average Bonchev–Trinajstić information content (AvgIpc) is 2.54.